The van der Waals surface area contributed by atoms with Gasteiger partial charge in [-0.15, -0.1) is 0 Å². The monoisotopic (exact) mass is 230 g/mol. The molecule has 88 valence electrons. The van der Waals surface area contributed by atoms with Gasteiger partial charge in [-0.05, 0) is 12.1 Å². The maximum Gasteiger partial charge on any atom is 0.270 e. The average molecular weight is 230 g/mol. The molecule has 0 aliphatic carbocycles. The van der Waals surface area contributed by atoms with Gasteiger partial charge in [0.1, 0.15) is 5.71 Å². The molecule has 17 heavy (non-hydrogen) atoms. The van der Waals surface area contributed by atoms with Crippen LogP contribution in [0.25, 0.3) is 0 Å². The van der Waals surface area contributed by atoms with Crippen LogP contribution in [0.1, 0.15) is 11.1 Å². The molecule has 0 radical (unpaired) electrons. The summed E-state index contributed by atoms with van der Waals surface area (Å²) in [4.78, 5) is 15.9. The van der Waals surface area contributed by atoms with Crippen molar-refractivity contribution in [3.63, 3.8) is 0 Å². The summed E-state index contributed by atoms with van der Waals surface area (Å²) in [6.07, 6.45) is 1.26. The van der Waals surface area contributed by atoms with E-state index in [4.69, 9.17) is 5.41 Å². The first kappa shape index (κ1) is 11.3. The second-order valence-corrected chi connectivity index (χ2v) is 3.68. The highest BCUT2D eigenvalue weighted by Crippen LogP contribution is 2.16. The Morgan fingerprint density at radius 2 is 2.35 bits per heavy atom. The number of rotatable bonds is 3. The van der Waals surface area contributed by atoms with Crippen molar-refractivity contribution < 1.29 is 4.79 Å². The number of carbonyl (C=O) groups is 1. The SMILES string of the molecule is CNc1ccc(C2=NCCNC2=O)cc1C=N. The van der Waals surface area contributed by atoms with Crippen molar-refractivity contribution >= 4 is 23.5 Å². The van der Waals surface area contributed by atoms with Crippen LogP contribution in [-0.2, 0) is 4.79 Å². The fourth-order valence-electron chi connectivity index (χ4n) is 1.77. The van der Waals surface area contributed by atoms with E-state index in [9.17, 15) is 4.79 Å². The molecule has 1 aliphatic heterocycles. The van der Waals surface area contributed by atoms with Crippen molar-refractivity contribution in [1.29, 1.82) is 5.41 Å². The third-order valence-corrected chi connectivity index (χ3v) is 2.63. The van der Waals surface area contributed by atoms with Gasteiger partial charge in [0.15, 0.2) is 0 Å². The van der Waals surface area contributed by atoms with Gasteiger partial charge in [0.2, 0.25) is 0 Å². The lowest BCUT2D eigenvalue weighted by Crippen LogP contribution is -2.37. The van der Waals surface area contributed by atoms with E-state index in [-0.39, 0.29) is 5.91 Å². The predicted molar refractivity (Wildman–Crippen MR) is 68.3 cm³/mol. The highest BCUT2D eigenvalue weighted by atomic mass is 16.2. The predicted octanol–water partition coefficient (Wildman–Crippen LogP) is 0.645. The first-order chi connectivity index (χ1) is 8.26. The zero-order valence-corrected chi connectivity index (χ0v) is 9.58. The second-order valence-electron chi connectivity index (χ2n) is 3.68. The molecule has 0 atom stereocenters. The third-order valence-electron chi connectivity index (χ3n) is 2.63. The summed E-state index contributed by atoms with van der Waals surface area (Å²) < 4.78 is 0. The van der Waals surface area contributed by atoms with Crippen LogP contribution in [0.5, 0.6) is 0 Å². The molecule has 1 aromatic carbocycles. The van der Waals surface area contributed by atoms with Gasteiger partial charge in [-0.25, -0.2) is 0 Å². The molecule has 3 N–H and O–H groups in total. The lowest BCUT2D eigenvalue weighted by Gasteiger charge is -2.14. The van der Waals surface area contributed by atoms with E-state index < -0.39 is 0 Å². The minimum absolute atomic E-state index is 0.149. The molecule has 5 heteroatoms. The lowest BCUT2D eigenvalue weighted by molar-refractivity contribution is -0.114. The van der Waals surface area contributed by atoms with E-state index >= 15 is 0 Å². The van der Waals surface area contributed by atoms with Crippen LogP contribution in [-0.4, -0.2) is 38.0 Å². The molecule has 0 unspecified atom stereocenters. The molecule has 0 fully saturated rings. The number of hydrogen-bond donors (Lipinski definition) is 3. The number of benzene rings is 1. The molecule has 1 heterocycles. The highest BCUT2D eigenvalue weighted by molar-refractivity contribution is 6.45. The van der Waals surface area contributed by atoms with Gasteiger partial charge in [0.25, 0.3) is 5.91 Å². The fraction of sp³-hybridized carbons (Fsp3) is 0.250. The van der Waals surface area contributed by atoms with Gasteiger partial charge in [-0.1, -0.05) is 6.07 Å². The summed E-state index contributed by atoms with van der Waals surface area (Å²) >= 11 is 0. The van der Waals surface area contributed by atoms with E-state index in [0.29, 0.717) is 18.8 Å². The Labute approximate surface area is 99.5 Å². The molecule has 1 aliphatic rings. The average Bonchev–Trinajstić information content (AvgIpc) is 2.38. The van der Waals surface area contributed by atoms with E-state index in [1.807, 2.05) is 12.1 Å². The normalized spacial score (nSPS) is 14.9. The second kappa shape index (κ2) is 4.78. The minimum Gasteiger partial charge on any atom is -0.388 e. The molecule has 5 nitrogen and oxygen atoms in total. The summed E-state index contributed by atoms with van der Waals surface area (Å²) in [5, 5.41) is 13.1. The molecular weight excluding hydrogens is 216 g/mol. The molecular formula is C12H14N4O. The molecule has 0 saturated heterocycles. The van der Waals surface area contributed by atoms with Crippen molar-refractivity contribution in [2.24, 2.45) is 4.99 Å². The minimum atomic E-state index is -0.149. The van der Waals surface area contributed by atoms with Crippen LogP contribution in [0.15, 0.2) is 23.2 Å². The van der Waals surface area contributed by atoms with E-state index in [2.05, 4.69) is 15.6 Å². The van der Waals surface area contributed by atoms with Crippen LogP contribution in [0, 0.1) is 5.41 Å². The Bertz CT molecular complexity index is 493. The largest absolute Gasteiger partial charge is 0.388 e. The van der Waals surface area contributed by atoms with Crippen LogP contribution < -0.4 is 10.6 Å². The molecule has 2 rings (SSSR count). The number of carbonyl (C=O) groups excluding carboxylic acids is 1. The summed E-state index contributed by atoms with van der Waals surface area (Å²) in [5.74, 6) is -0.149. The number of anilines is 1. The lowest BCUT2D eigenvalue weighted by atomic mass is 10.0. The fourth-order valence-corrected chi connectivity index (χ4v) is 1.77. The van der Waals surface area contributed by atoms with Crippen LogP contribution in [0.3, 0.4) is 0 Å². The van der Waals surface area contributed by atoms with E-state index in [1.165, 1.54) is 6.21 Å². The number of nitrogens with one attached hydrogen (secondary N) is 3. The summed E-state index contributed by atoms with van der Waals surface area (Å²) in [6, 6.07) is 5.48. The Kier molecular flexibility index (Phi) is 3.18. The highest BCUT2D eigenvalue weighted by Gasteiger charge is 2.17. The molecule has 0 aromatic heterocycles. The van der Waals surface area contributed by atoms with E-state index in [0.717, 1.165) is 16.8 Å². The Morgan fingerprint density at radius 3 is 3.00 bits per heavy atom. The van der Waals surface area contributed by atoms with Gasteiger partial charge in [0.05, 0.1) is 6.54 Å². The van der Waals surface area contributed by atoms with Gasteiger partial charge in [-0.3, -0.25) is 9.79 Å². The Balaban J connectivity index is 2.43. The number of hydrogen-bond acceptors (Lipinski definition) is 4. The van der Waals surface area contributed by atoms with Gasteiger partial charge < -0.3 is 16.0 Å². The number of aliphatic imine (C=N–C) groups is 1. The van der Waals surface area contributed by atoms with Gasteiger partial charge >= 0.3 is 0 Å². The van der Waals surface area contributed by atoms with Crippen molar-refractivity contribution in [2.75, 3.05) is 25.5 Å². The molecule has 1 aromatic rings. The first-order valence-electron chi connectivity index (χ1n) is 5.41. The zero-order valence-electron chi connectivity index (χ0n) is 9.58. The van der Waals surface area contributed by atoms with Crippen molar-refractivity contribution in [2.45, 2.75) is 0 Å². The van der Waals surface area contributed by atoms with Gasteiger partial charge in [-0.2, -0.15) is 0 Å². The van der Waals surface area contributed by atoms with Gasteiger partial charge in [0, 0.05) is 36.6 Å². The van der Waals surface area contributed by atoms with Crippen LogP contribution >= 0.6 is 0 Å². The quantitative estimate of drug-likeness (QED) is 0.666. The molecule has 0 spiro atoms. The van der Waals surface area contributed by atoms with E-state index in [1.54, 1.807) is 13.1 Å². The summed E-state index contributed by atoms with van der Waals surface area (Å²) in [6.45, 7) is 1.20. The van der Waals surface area contributed by atoms with Crippen LogP contribution in [0.2, 0.25) is 0 Å². The molecule has 0 bridgehead atoms. The molecule has 1 amide bonds. The molecule has 0 saturated carbocycles. The maximum atomic E-state index is 11.6. The number of nitrogens with zero attached hydrogens (tertiary/aromatic N) is 1. The standard InChI is InChI=1S/C12H14N4O/c1-14-10-3-2-8(6-9(10)7-13)11-12(17)16-5-4-15-11/h2-3,6-7,13-14H,4-5H2,1H3,(H,16,17). The first-order valence-corrected chi connectivity index (χ1v) is 5.41. The zero-order chi connectivity index (χ0) is 12.3. The topological polar surface area (TPSA) is 77.3 Å². The maximum absolute atomic E-state index is 11.6. The van der Waals surface area contributed by atoms with Crippen molar-refractivity contribution in [3.05, 3.63) is 29.3 Å². The smallest absolute Gasteiger partial charge is 0.270 e. The summed E-state index contributed by atoms with van der Waals surface area (Å²) in [7, 11) is 1.80. The van der Waals surface area contributed by atoms with Crippen molar-refractivity contribution in [1.82, 2.24) is 5.32 Å². The number of amides is 1. The Hall–Kier alpha value is -2.17. The van der Waals surface area contributed by atoms with Crippen LogP contribution in [0.4, 0.5) is 5.69 Å². The Morgan fingerprint density at radius 1 is 1.53 bits per heavy atom. The third kappa shape index (κ3) is 2.18. The summed E-state index contributed by atoms with van der Waals surface area (Å²) in [5.41, 5.74) is 2.80. The van der Waals surface area contributed by atoms with Crippen molar-refractivity contribution in [3.8, 4) is 0 Å².